The van der Waals surface area contributed by atoms with E-state index in [0.717, 1.165) is 26.9 Å². The molecule has 0 aliphatic heterocycles. The molecular formula is C12H13N3O2S3. The maximum absolute atomic E-state index is 12.2. The van der Waals surface area contributed by atoms with E-state index in [2.05, 4.69) is 9.71 Å². The van der Waals surface area contributed by atoms with Gasteiger partial charge in [0.1, 0.15) is 15.2 Å². The average Bonchev–Trinajstić information content (AvgIpc) is 2.95. The van der Waals surface area contributed by atoms with E-state index in [9.17, 15) is 8.42 Å². The lowest BCUT2D eigenvalue weighted by Gasteiger charge is -2.12. The molecule has 1 N–H and O–H groups in total. The molecule has 1 unspecified atom stereocenters. The number of hydrogen-bond acceptors (Lipinski definition) is 6. The lowest BCUT2D eigenvalue weighted by atomic mass is 10.2. The van der Waals surface area contributed by atoms with Gasteiger partial charge in [-0.3, -0.25) is 0 Å². The molecule has 0 aromatic carbocycles. The molecule has 20 heavy (non-hydrogen) atoms. The molecule has 0 fully saturated rings. The molecule has 5 nitrogen and oxygen atoms in total. The molecule has 2 aromatic heterocycles. The van der Waals surface area contributed by atoms with Crippen LogP contribution in [0.4, 0.5) is 0 Å². The highest BCUT2D eigenvalue weighted by molar-refractivity contribution is 7.91. The summed E-state index contributed by atoms with van der Waals surface area (Å²) in [6, 6.07) is 4.54. The van der Waals surface area contributed by atoms with Crippen molar-refractivity contribution in [1.29, 1.82) is 5.26 Å². The lowest BCUT2D eigenvalue weighted by molar-refractivity contribution is 0.570. The van der Waals surface area contributed by atoms with Crippen LogP contribution in [0.25, 0.3) is 0 Å². The number of hydrogen-bond donors (Lipinski definition) is 1. The molecule has 0 radical (unpaired) electrons. The number of aryl methyl sites for hydroxylation is 2. The standard InChI is InChI=1S/C12H13N3O2S3/c1-7-12(18-9(3)14-7)8(2)15-20(16,17)11-5-4-10(6-13)19-11/h4-5,8,15H,1-3H3. The fraction of sp³-hybridized carbons (Fsp3) is 0.333. The molecule has 2 rings (SSSR count). The Kier molecular flexibility index (Phi) is 4.25. The van der Waals surface area contributed by atoms with Crippen LogP contribution in [-0.2, 0) is 10.0 Å². The van der Waals surface area contributed by atoms with Crippen molar-refractivity contribution >= 4 is 32.7 Å². The molecule has 2 heterocycles. The molecule has 2 aromatic rings. The maximum Gasteiger partial charge on any atom is 0.250 e. The summed E-state index contributed by atoms with van der Waals surface area (Å²) >= 11 is 2.44. The Bertz CT molecular complexity index is 768. The van der Waals surface area contributed by atoms with Crippen molar-refractivity contribution < 1.29 is 8.42 Å². The zero-order valence-electron chi connectivity index (χ0n) is 11.2. The van der Waals surface area contributed by atoms with Gasteiger partial charge < -0.3 is 0 Å². The van der Waals surface area contributed by atoms with Gasteiger partial charge in [-0.25, -0.2) is 18.1 Å². The minimum atomic E-state index is -3.61. The molecular weight excluding hydrogens is 314 g/mol. The van der Waals surface area contributed by atoms with Crippen LogP contribution < -0.4 is 4.72 Å². The van der Waals surface area contributed by atoms with Gasteiger partial charge in [-0.2, -0.15) is 5.26 Å². The van der Waals surface area contributed by atoms with Gasteiger partial charge in [0.15, 0.2) is 0 Å². The van der Waals surface area contributed by atoms with Crippen LogP contribution in [0.2, 0.25) is 0 Å². The van der Waals surface area contributed by atoms with Crippen molar-refractivity contribution in [2.45, 2.75) is 31.0 Å². The second-order valence-electron chi connectivity index (χ2n) is 4.26. The Morgan fingerprint density at radius 3 is 2.55 bits per heavy atom. The first-order valence-corrected chi connectivity index (χ1v) is 8.91. The third-order valence-electron chi connectivity index (χ3n) is 2.62. The number of nitrogens with one attached hydrogen (secondary N) is 1. The normalized spacial score (nSPS) is 13.1. The minimum Gasteiger partial charge on any atom is -0.247 e. The highest BCUT2D eigenvalue weighted by Gasteiger charge is 2.22. The van der Waals surface area contributed by atoms with E-state index in [0.29, 0.717) is 4.88 Å². The van der Waals surface area contributed by atoms with Crippen molar-refractivity contribution in [3.05, 3.63) is 32.6 Å². The molecule has 0 bridgehead atoms. The van der Waals surface area contributed by atoms with Crippen LogP contribution in [0.15, 0.2) is 16.3 Å². The predicted molar refractivity (Wildman–Crippen MR) is 79.4 cm³/mol. The van der Waals surface area contributed by atoms with Crippen LogP contribution in [0.5, 0.6) is 0 Å². The van der Waals surface area contributed by atoms with E-state index >= 15 is 0 Å². The third-order valence-corrected chi connectivity index (χ3v) is 6.90. The SMILES string of the molecule is Cc1nc(C)c(C(C)NS(=O)(=O)c2ccc(C#N)s2)s1. The highest BCUT2D eigenvalue weighted by atomic mass is 32.2. The molecule has 0 aliphatic carbocycles. The number of nitriles is 1. The van der Waals surface area contributed by atoms with Gasteiger partial charge in [-0.15, -0.1) is 22.7 Å². The van der Waals surface area contributed by atoms with Gasteiger partial charge in [0.2, 0.25) is 0 Å². The zero-order valence-corrected chi connectivity index (χ0v) is 13.6. The summed E-state index contributed by atoms with van der Waals surface area (Å²) in [5.41, 5.74) is 0.839. The van der Waals surface area contributed by atoms with Crippen molar-refractivity contribution in [2.75, 3.05) is 0 Å². The van der Waals surface area contributed by atoms with Crippen LogP contribution in [-0.4, -0.2) is 13.4 Å². The second-order valence-corrected chi connectivity index (χ2v) is 8.52. The topological polar surface area (TPSA) is 82.8 Å². The van der Waals surface area contributed by atoms with E-state index in [-0.39, 0.29) is 10.3 Å². The summed E-state index contributed by atoms with van der Waals surface area (Å²) in [6.07, 6.45) is 0. The Morgan fingerprint density at radius 2 is 2.05 bits per heavy atom. The predicted octanol–water partition coefficient (Wildman–Crippen LogP) is 2.73. The first-order valence-electron chi connectivity index (χ1n) is 5.79. The number of nitrogens with zero attached hydrogens (tertiary/aromatic N) is 2. The van der Waals surface area contributed by atoms with Gasteiger partial charge in [0, 0.05) is 4.88 Å². The van der Waals surface area contributed by atoms with Crippen LogP contribution >= 0.6 is 22.7 Å². The summed E-state index contributed by atoms with van der Waals surface area (Å²) in [4.78, 5) is 5.58. The summed E-state index contributed by atoms with van der Waals surface area (Å²) in [5, 5.41) is 9.66. The summed E-state index contributed by atoms with van der Waals surface area (Å²) < 4.78 is 27.3. The smallest absolute Gasteiger partial charge is 0.247 e. The fourth-order valence-electron chi connectivity index (χ4n) is 1.82. The van der Waals surface area contributed by atoms with E-state index in [4.69, 9.17) is 5.26 Å². The maximum atomic E-state index is 12.2. The van der Waals surface area contributed by atoms with E-state index in [1.54, 1.807) is 6.92 Å². The quantitative estimate of drug-likeness (QED) is 0.936. The monoisotopic (exact) mass is 327 g/mol. The van der Waals surface area contributed by atoms with Crippen molar-refractivity contribution in [2.24, 2.45) is 0 Å². The summed E-state index contributed by atoms with van der Waals surface area (Å²) in [5.74, 6) is 0. The molecule has 0 amide bonds. The third kappa shape index (κ3) is 3.07. The molecule has 1 atom stereocenters. The number of rotatable bonds is 4. The summed E-state index contributed by atoms with van der Waals surface area (Å²) in [6.45, 7) is 5.54. The Morgan fingerprint density at radius 1 is 1.35 bits per heavy atom. The van der Waals surface area contributed by atoms with Gasteiger partial charge >= 0.3 is 0 Å². The molecule has 8 heteroatoms. The Hall–Kier alpha value is -1.27. The largest absolute Gasteiger partial charge is 0.250 e. The average molecular weight is 327 g/mol. The van der Waals surface area contributed by atoms with Crippen LogP contribution in [0.1, 0.15) is 33.4 Å². The number of thiophene rings is 1. The van der Waals surface area contributed by atoms with Gasteiger partial charge in [0.25, 0.3) is 10.0 Å². The number of thiazole rings is 1. The van der Waals surface area contributed by atoms with Crippen LogP contribution in [0, 0.1) is 25.2 Å². The number of aromatic nitrogens is 1. The highest BCUT2D eigenvalue weighted by Crippen LogP contribution is 2.27. The van der Waals surface area contributed by atoms with E-state index < -0.39 is 10.0 Å². The first-order chi connectivity index (χ1) is 9.33. The molecule has 0 saturated carbocycles. The van der Waals surface area contributed by atoms with Crippen molar-refractivity contribution in [3.8, 4) is 6.07 Å². The zero-order chi connectivity index (χ0) is 14.9. The van der Waals surface area contributed by atoms with E-state index in [1.807, 2.05) is 19.9 Å². The van der Waals surface area contributed by atoms with Gasteiger partial charge in [-0.1, -0.05) is 0 Å². The van der Waals surface area contributed by atoms with Gasteiger partial charge in [-0.05, 0) is 32.9 Å². The lowest BCUT2D eigenvalue weighted by Crippen LogP contribution is -2.26. The molecule has 0 aliphatic rings. The molecule has 0 saturated heterocycles. The second kappa shape index (κ2) is 5.61. The Balaban J connectivity index is 2.24. The number of sulfonamides is 1. The molecule has 0 spiro atoms. The summed E-state index contributed by atoms with van der Waals surface area (Å²) in [7, 11) is -3.61. The molecule has 106 valence electrons. The van der Waals surface area contributed by atoms with Crippen molar-refractivity contribution in [1.82, 2.24) is 9.71 Å². The van der Waals surface area contributed by atoms with E-state index in [1.165, 1.54) is 23.5 Å². The van der Waals surface area contributed by atoms with Crippen LogP contribution in [0.3, 0.4) is 0 Å². The van der Waals surface area contributed by atoms with Gasteiger partial charge in [0.05, 0.1) is 16.7 Å². The first kappa shape index (κ1) is 15.1. The van der Waals surface area contributed by atoms with Crippen molar-refractivity contribution in [3.63, 3.8) is 0 Å². The fourth-order valence-corrected chi connectivity index (χ4v) is 5.16. The minimum absolute atomic E-state index is 0.153. The Labute approximate surface area is 126 Å².